The van der Waals surface area contributed by atoms with Gasteiger partial charge >= 0.3 is 65.4 Å². The van der Waals surface area contributed by atoms with Gasteiger partial charge in [0.15, 0.2) is 5.92 Å². The summed E-state index contributed by atoms with van der Waals surface area (Å²) in [5.41, 5.74) is 4.24. The summed E-state index contributed by atoms with van der Waals surface area (Å²) in [6.07, 6.45) is 14.8. The van der Waals surface area contributed by atoms with Gasteiger partial charge in [0, 0.05) is 24.2 Å². The van der Waals surface area contributed by atoms with Crippen molar-refractivity contribution in [3.63, 3.8) is 0 Å². The molecule has 358 valence electrons. The summed E-state index contributed by atoms with van der Waals surface area (Å²) in [6.45, 7) is 22.8. The number of carbonyl (C=O) groups excluding carboxylic acids is 7. The second kappa shape index (κ2) is 29.9. The topological polar surface area (TPSA) is 222 Å². The van der Waals surface area contributed by atoms with Crippen LogP contribution in [0.4, 0.5) is 0 Å². The summed E-state index contributed by atoms with van der Waals surface area (Å²) >= 11 is 0. The van der Waals surface area contributed by atoms with Crippen LogP contribution in [0.3, 0.4) is 0 Å². The fraction of sp³-hybridized carbons (Fsp3) is 0.660. The third kappa shape index (κ3) is 15.2. The Morgan fingerprint density at radius 1 is 0.606 bits per heavy atom. The van der Waals surface area contributed by atoms with E-state index in [1.807, 2.05) is 0 Å². The Balaban J connectivity index is 0.000000453. The van der Waals surface area contributed by atoms with E-state index in [4.69, 9.17) is 30.8 Å². The van der Waals surface area contributed by atoms with Gasteiger partial charge in [-0.1, -0.05) is 55.7 Å². The second-order valence-corrected chi connectivity index (χ2v) is 16.3. The molecule has 0 unspecified atom stereocenters. The molecule has 6 aliphatic carbocycles. The first kappa shape index (κ1) is 59.4. The van der Waals surface area contributed by atoms with Crippen LogP contribution in [-0.4, -0.2) is 81.2 Å². The maximum absolute atomic E-state index is 12.3. The molecule has 0 aromatic heterocycles. The molecule has 15 nitrogen and oxygen atoms in total. The van der Waals surface area contributed by atoms with Crippen LogP contribution in [0.25, 0.3) is 0 Å². The van der Waals surface area contributed by atoms with Crippen LogP contribution in [0.5, 0.6) is 0 Å². The molecule has 0 saturated heterocycles. The van der Waals surface area contributed by atoms with Crippen molar-refractivity contribution in [1.82, 2.24) is 0 Å². The van der Waals surface area contributed by atoms with E-state index in [2.05, 4.69) is 54.5 Å². The van der Waals surface area contributed by atoms with E-state index in [0.29, 0.717) is 35.9 Å². The summed E-state index contributed by atoms with van der Waals surface area (Å²) < 4.78 is 29.2. The maximum Gasteiger partial charge on any atom is 1.00 e. The van der Waals surface area contributed by atoms with Crippen LogP contribution in [0.2, 0.25) is 0 Å². The summed E-state index contributed by atoms with van der Waals surface area (Å²) in [6, 6.07) is 2.26. The molecule has 7 atom stereocenters. The van der Waals surface area contributed by atoms with Gasteiger partial charge in [-0.25, -0.2) is 9.59 Å². The third-order valence-electron chi connectivity index (χ3n) is 12.6. The summed E-state index contributed by atoms with van der Waals surface area (Å²) in [4.78, 5) is 80.8. The van der Waals surface area contributed by atoms with Gasteiger partial charge in [0.1, 0.15) is 17.8 Å². The van der Waals surface area contributed by atoms with Crippen molar-refractivity contribution < 1.29 is 91.5 Å². The average Bonchev–Trinajstić information content (AvgIpc) is 3.92. The molecule has 6 aliphatic rings. The van der Waals surface area contributed by atoms with Crippen molar-refractivity contribution in [3.05, 3.63) is 52.7 Å². The van der Waals surface area contributed by atoms with Crippen LogP contribution in [0.1, 0.15) is 127 Å². The molecule has 0 aromatic carbocycles. The molecule has 66 heavy (non-hydrogen) atoms. The molecule has 6 rings (SSSR count). The number of carbonyl (C=O) groups is 7. The number of ketones is 1. The molecule has 0 heterocycles. The Hall–Kier alpha value is -4.57. The SMILES string of the molecule is CCC1=C[C@H]2C(=O)C[C@H]2C1.CCOC(=O)C(C(=O)OCC)=C1C[C@H]2CC(CC)=C[C@@H]12.CCOC(=O)C(C(=O)OCC)[C@@]1(C#N)C[C@H]2CC(CC)=C[C@H]21.CCOC(=O)CC(=O)OCC.[C-]#N.[Na+]. The first-order valence-electron chi connectivity index (χ1n) is 23.1. The Morgan fingerprint density at radius 2 is 1.02 bits per heavy atom. The minimum atomic E-state index is -1.15. The van der Waals surface area contributed by atoms with E-state index in [0.717, 1.165) is 50.5 Å². The second-order valence-electron chi connectivity index (χ2n) is 16.3. The Bertz CT molecular complexity index is 1860. The predicted octanol–water partition coefficient (Wildman–Crippen LogP) is 4.94. The number of nitrogens with zero attached hydrogens (tertiary/aromatic N) is 2. The van der Waals surface area contributed by atoms with Gasteiger partial charge in [0.05, 0.1) is 51.1 Å². The minimum absolute atomic E-state index is 0. The number of rotatable bonds is 16. The molecule has 0 aliphatic heterocycles. The molecule has 0 aromatic rings. The Labute approximate surface area is 413 Å². The van der Waals surface area contributed by atoms with Crippen molar-refractivity contribution in [3.8, 4) is 6.07 Å². The normalized spacial score (nSPS) is 24.0. The van der Waals surface area contributed by atoms with Gasteiger partial charge in [-0.3, -0.25) is 24.0 Å². The number of fused-ring (bicyclic) bond motifs is 3. The predicted molar refractivity (Wildman–Crippen MR) is 237 cm³/mol. The molecule has 0 bridgehead atoms. The molecule has 0 spiro atoms. The van der Waals surface area contributed by atoms with Crippen LogP contribution in [0, 0.1) is 70.0 Å². The van der Waals surface area contributed by atoms with Gasteiger partial charge < -0.3 is 40.3 Å². The van der Waals surface area contributed by atoms with Crippen molar-refractivity contribution in [2.24, 2.45) is 46.8 Å². The molecule has 16 heteroatoms. The summed E-state index contributed by atoms with van der Waals surface area (Å²) in [5.74, 6) is -1.97. The van der Waals surface area contributed by atoms with Crippen LogP contribution < -0.4 is 29.6 Å². The zero-order valence-corrected chi connectivity index (χ0v) is 42.8. The molecule has 3 saturated carbocycles. The third-order valence-corrected chi connectivity index (χ3v) is 12.6. The molecule has 0 amide bonds. The van der Waals surface area contributed by atoms with Gasteiger partial charge in [-0.15, -0.1) is 0 Å². The first-order chi connectivity index (χ1) is 31.2. The van der Waals surface area contributed by atoms with E-state index in [1.54, 1.807) is 41.5 Å². The Morgan fingerprint density at radius 3 is 1.41 bits per heavy atom. The fourth-order valence-electron chi connectivity index (χ4n) is 9.39. The van der Waals surface area contributed by atoms with E-state index >= 15 is 0 Å². The zero-order chi connectivity index (χ0) is 48.9. The number of ether oxygens (including phenoxy) is 6. The molecule has 0 radical (unpaired) electrons. The van der Waals surface area contributed by atoms with Crippen molar-refractivity contribution >= 4 is 41.6 Å². The van der Waals surface area contributed by atoms with Gasteiger partial charge in [-0.05, 0) is 116 Å². The van der Waals surface area contributed by atoms with Crippen LogP contribution in [0.15, 0.2) is 46.1 Å². The van der Waals surface area contributed by atoms with Crippen molar-refractivity contribution in [1.29, 1.82) is 10.5 Å². The fourth-order valence-corrected chi connectivity index (χ4v) is 9.39. The standard InChI is InChI=1S/C17H23NO4.C16H22O4.C9H12O.C7H12O4.CN.Na/c1-4-11-7-12-9-17(10-18,13(12)8-11)14(15(19)21-5-2)16(20)22-6-3;1-4-10-7-11-9-13(12(11)8-10)14(15(17)19-5-2)16(18)20-6-3;1-2-6-3-7-5-9(10)8(7)4-6;1-3-10-6(8)5-7(9)11-4-2;1-2;/h8,12-14H,4-7,9H2,1-3H3;8,11-12H,4-7,9H2,1-3H3;4,7-8H,2-3,5H2,1H3;3-5H2,1-2H3;;/q;;;;-1;+1/t12-,13-,17-;11-,12-;7-,8-;;;/m111.../s1. The van der Waals surface area contributed by atoms with Crippen molar-refractivity contribution in [2.75, 3.05) is 39.6 Å². The smallest absolute Gasteiger partial charge is 0.512 e. The van der Waals surface area contributed by atoms with Gasteiger partial charge in [0.2, 0.25) is 0 Å². The van der Waals surface area contributed by atoms with Crippen LogP contribution >= 0.6 is 0 Å². The summed E-state index contributed by atoms with van der Waals surface area (Å²) in [5, 5.41) is 16.0. The quantitative estimate of drug-likeness (QED) is 0.0293. The van der Waals surface area contributed by atoms with Crippen LogP contribution in [-0.2, 0) is 62.0 Å². The molecule has 0 N–H and O–H groups in total. The van der Waals surface area contributed by atoms with E-state index in [9.17, 15) is 38.8 Å². The van der Waals surface area contributed by atoms with E-state index in [-0.39, 0.29) is 93.0 Å². The number of hydrogen-bond donors (Lipinski definition) is 0. The number of hydrogen-bond acceptors (Lipinski definition) is 15. The van der Waals surface area contributed by atoms with E-state index < -0.39 is 47.1 Å². The number of allylic oxidation sites excluding steroid dienone is 7. The number of esters is 6. The first-order valence-corrected chi connectivity index (χ1v) is 23.1. The van der Waals surface area contributed by atoms with Crippen molar-refractivity contribution in [2.45, 2.75) is 127 Å². The monoisotopic (exact) mass is 928 g/mol. The number of Topliss-reactive ketones (excluding diaryl/α,β-unsaturated/α-hetero) is 1. The molecular weight excluding hydrogens is 860 g/mol. The maximum atomic E-state index is 12.3. The summed E-state index contributed by atoms with van der Waals surface area (Å²) in [7, 11) is 0. The Kier molecular flexibility index (Phi) is 27.0. The minimum Gasteiger partial charge on any atom is -0.512 e. The number of nitriles is 1. The molecular formula is C50H69N2NaO13. The largest absolute Gasteiger partial charge is 1.00 e. The van der Waals surface area contributed by atoms with Gasteiger partial charge in [0.25, 0.3) is 0 Å². The van der Waals surface area contributed by atoms with Gasteiger partial charge in [-0.2, -0.15) is 5.26 Å². The zero-order valence-electron chi connectivity index (χ0n) is 40.8. The molecule has 3 fully saturated rings. The van der Waals surface area contributed by atoms with E-state index in [1.165, 1.54) is 23.1 Å². The average molecular weight is 929 g/mol.